The van der Waals surface area contributed by atoms with Gasteiger partial charge in [-0.3, -0.25) is 0 Å². The fraction of sp³-hybridized carbons (Fsp3) is 0.0769. The Hall–Kier alpha value is -2.14. The fourth-order valence-corrected chi connectivity index (χ4v) is 2.62. The molecule has 0 saturated heterocycles. The molecular weight excluding hydrogens is 244 g/mol. The molecule has 90 valence electrons. The number of para-hydroxylation sites is 1. The molecule has 3 aromatic rings. The minimum Gasteiger partial charge on any atom is -0.375 e. The summed E-state index contributed by atoms with van der Waals surface area (Å²) >= 11 is 1.47. The zero-order valence-electron chi connectivity index (χ0n) is 9.87. The van der Waals surface area contributed by atoms with Crippen molar-refractivity contribution in [3.8, 4) is 16.3 Å². The van der Waals surface area contributed by atoms with Crippen LogP contribution in [-0.4, -0.2) is 14.8 Å². The van der Waals surface area contributed by atoms with Crippen molar-refractivity contribution < 1.29 is 0 Å². The number of benzene rings is 1. The maximum absolute atomic E-state index is 5.71. The SMILES string of the molecule is Cc1nc(N)sc1-c1ccn(-c2ccccc2)n1. The first-order valence-electron chi connectivity index (χ1n) is 5.58. The van der Waals surface area contributed by atoms with Crippen molar-refractivity contribution >= 4 is 16.5 Å². The van der Waals surface area contributed by atoms with E-state index in [-0.39, 0.29) is 0 Å². The molecule has 0 atom stereocenters. The maximum atomic E-state index is 5.71. The molecular formula is C13H12N4S. The second-order valence-corrected chi connectivity index (χ2v) is 4.98. The summed E-state index contributed by atoms with van der Waals surface area (Å²) in [5, 5.41) is 5.14. The van der Waals surface area contributed by atoms with Crippen LogP contribution in [0.3, 0.4) is 0 Å². The number of nitrogens with zero attached hydrogens (tertiary/aromatic N) is 3. The molecule has 0 aliphatic carbocycles. The predicted octanol–water partition coefficient (Wildman–Crippen LogP) is 2.89. The number of rotatable bonds is 2. The van der Waals surface area contributed by atoms with Crippen LogP contribution in [0.25, 0.3) is 16.3 Å². The van der Waals surface area contributed by atoms with Crippen molar-refractivity contribution in [2.24, 2.45) is 0 Å². The minimum absolute atomic E-state index is 0.580. The number of nitrogen functional groups attached to an aromatic ring is 1. The molecule has 5 heteroatoms. The van der Waals surface area contributed by atoms with Crippen molar-refractivity contribution in [3.05, 3.63) is 48.3 Å². The molecule has 3 rings (SSSR count). The van der Waals surface area contributed by atoms with E-state index in [1.54, 1.807) is 0 Å². The van der Waals surface area contributed by atoms with Crippen LogP contribution in [0.1, 0.15) is 5.69 Å². The normalized spacial score (nSPS) is 10.7. The Morgan fingerprint density at radius 1 is 1.17 bits per heavy atom. The molecule has 2 heterocycles. The van der Waals surface area contributed by atoms with E-state index in [4.69, 9.17) is 5.73 Å². The predicted molar refractivity (Wildman–Crippen MR) is 73.8 cm³/mol. The van der Waals surface area contributed by atoms with E-state index in [0.29, 0.717) is 5.13 Å². The third-order valence-electron chi connectivity index (χ3n) is 2.66. The van der Waals surface area contributed by atoms with Gasteiger partial charge in [-0.05, 0) is 25.1 Å². The van der Waals surface area contributed by atoms with Crippen LogP contribution in [0.2, 0.25) is 0 Å². The number of anilines is 1. The van der Waals surface area contributed by atoms with Crippen LogP contribution in [0.5, 0.6) is 0 Å². The van der Waals surface area contributed by atoms with Gasteiger partial charge in [0.25, 0.3) is 0 Å². The number of hydrogen-bond acceptors (Lipinski definition) is 4. The monoisotopic (exact) mass is 256 g/mol. The third-order valence-corrected chi connectivity index (χ3v) is 3.66. The van der Waals surface area contributed by atoms with E-state index in [9.17, 15) is 0 Å². The second kappa shape index (κ2) is 4.27. The van der Waals surface area contributed by atoms with Gasteiger partial charge in [0, 0.05) is 6.20 Å². The van der Waals surface area contributed by atoms with E-state index in [2.05, 4.69) is 10.1 Å². The van der Waals surface area contributed by atoms with Gasteiger partial charge in [-0.1, -0.05) is 29.5 Å². The van der Waals surface area contributed by atoms with Crippen LogP contribution in [-0.2, 0) is 0 Å². The molecule has 0 aliphatic rings. The molecule has 0 aliphatic heterocycles. The first-order chi connectivity index (χ1) is 8.74. The lowest BCUT2D eigenvalue weighted by Crippen LogP contribution is -1.93. The van der Waals surface area contributed by atoms with E-state index in [0.717, 1.165) is 22.0 Å². The number of aryl methyl sites for hydroxylation is 1. The average Bonchev–Trinajstić information content (AvgIpc) is 2.97. The summed E-state index contributed by atoms with van der Waals surface area (Å²) < 4.78 is 1.85. The van der Waals surface area contributed by atoms with Crippen LogP contribution in [0.15, 0.2) is 42.6 Å². The topological polar surface area (TPSA) is 56.7 Å². The van der Waals surface area contributed by atoms with Crippen molar-refractivity contribution in [1.29, 1.82) is 0 Å². The highest BCUT2D eigenvalue weighted by Crippen LogP contribution is 2.30. The molecule has 0 radical (unpaired) electrons. The zero-order chi connectivity index (χ0) is 12.5. The molecule has 0 unspecified atom stereocenters. The average molecular weight is 256 g/mol. The van der Waals surface area contributed by atoms with Crippen LogP contribution in [0, 0.1) is 6.92 Å². The Bertz CT molecular complexity index is 669. The number of nitrogens with two attached hydrogens (primary N) is 1. The quantitative estimate of drug-likeness (QED) is 0.767. The van der Waals surface area contributed by atoms with E-state index >= 15 is 0 Å². The lowest BCUT2D eigenvalue weighted by atomic mass is 10.3. The van der Waals surface area contributed by atoms with Gasteiger partial charge in [0.1, 0.15) is 5.69 Å². The van der Waals surface area contributed by atoms with Gasteiger partial charge in [0.15, 0.2) is 5.13 Å². The summed E-state index contributed by atoms with van der Waals surface area (Å²) in [4.78, 5) is 5.25. The van der Waals surface area contributed by atoms with E-state index in [1.165, 1.54) is 11.3 Å². The highest BCUT2D eigenvalue weighted by atomic mass is 32.1. The molecule has 0 spiro atoms. The molecule has 4 nitrogen and oxygen atoms in total. The Kier molecular flexibility index (Phi) is 2.60. The van der Waals surface area contributed by atoms with Gasteiger partial charge >= 0.3 is 0 Å². The third kappa shape index (κ3) is 1.89. The van der Waals surface area contributed by atoms with Crippen LogP contribution in [0.4, 0.5) is 5.13 Å². The molecule has 2 N–H and O–H groups in total. The van der Waals surface area contributed by atoms with Crippen molar-refractivity contribution in [2.75, 3.05) is 5.73 Å². The summed E-state index contributed by atoms with van der Waals surface area (Å²) in [7, 11) is 0. The maximum Gasteiger partial charge on any atom is 0.180 e. The number of aromatic nitrogens is 3. The molecule has 1 aromatic carbocycles. The minimum atomic E-state index is 0.580. The van der Waals surface area contributed by atoms with Crippen LogP contribution < -0.4 is 5.73 Å². The van der Waals surface area contributed by atoms with Crippen molar-refractivity contribution in [3.63, 3.8) is 0 Å². The lowest BCUT2D eigenvalue weighted by molar-refractivity contribution is 0.884. The van der Waals surface area contributed by atoms with Gasteiger partial charge in [0.05, 0.1) is 16.3 Å². The van der Waals surface area contributed by atoms with Gasteiger partial charge in [0.2, 0.25) is 0 Å². The van der Waals surface area contributed by atoms with E-state index < -0.39 is 0 Å². The first-order valence-corrected chi connectivity index (χ1v) is 6.40. The molecule has 0 saturated carbocycles. The molecule has 0 bridgehead atoms. The second-order valence-electron chi connectivity index (χ2n) is 3.95. The summed E-state index contributed by atoms with van der Waals surface area (Å²) in [6, 6.07) is 12.0. The number of hydrogen-bond donors (Lipinski definition) is 1. The zero-order valence-corrected chi connectivity index (χ0v) is 10.7. The van der Waals surface area contributed by atoms with Gasteiger partial charge in [-0.15, -0.1) is 0 Å². The molecule has 0 amide bonds. The Morgan fingerprint density at radius 3 is 2.61 bits per heavy atom. The Labute approximate surface area is 109 Å². The van der Waals surface area contributed by atoms with Gasteiger partial charge in [-0.2, -0.15) is 5.10 Å². The summed E-state index contributed by atoms with van der Waals surface area (Å²) in [6.07, 6.45) is 1.94. The highest BCUT2D eigenvalue weighted by Gasteiger charge is 2.11. The smallest absolute Gasteiger partial charge is 0.180 e. The summed E-state index contributed by atoms with van der Waals surface area (Å²) in [6.45, 7) is 1.95. The fourth-order valence-electron chi connectivity index (χ4n) is 1.82. The molecule has 0 fully saturated rings. The standard InChI is InChI=1S/C13H12N4S/c1-9-12(18-13(14)15-9)11-7-8-17(16-11)10-5-3-2-4-6-10/h2-8H,1H3,(H2,14,15). The first kappa shape index (κ1) is 11.0. The largest absolute Gasteiger partial charge is 0.375 e. The Balaban J connectivity index is 2.02. The highest BCUT2D eigenvalue weighted by molar-refractivity contribution is 7.18. The lowest BCUT2D eigenvalue weighted by Gasteiger charge is -1.99. The van der Waals surface area contributed by atoms with E-state index in [1.807, 2.05) is 54.2 Å². The number of thiazole rings is 1. The van der Waals surface area contributed by atoms with Crippen molar-refractivity contribution in [2.45, 2.75) is 6.92 Å². The van der Waals surface area contributed by atoms with Crippen molar-refractivity contribution in [1.82, 2.24) is 14.8 Å². The van der Waals surface area contributed by atoms with Gasteiger partial charge < -0.3 is 5.73 Å². The summed E-state index contributed by atoms with van der Waals surface area (Å²) in [5.41, 5.74) is 8.58. The molecule has 18 heavy (non-hydrogen) atoms. The Morgan fingerprint density at radius 2 is 1.94 bits per heavy atom. The van der Waals surface area contributed by atoms with Gasteiger partial charge in [-0.25, -0.2) is 9.67 Å². The molecule has 2 aromatic heterocycles. The summed E-state index contributed by atoms with van der Waals surface area (Å²) in [5.74, 6) is 0. The van der Waals surface area contributed by atoms with Crippen LogP contribution >= 0.6 is 11.3 Å².